The number of aromatic carboxylic acids is 1. The highest BCUT2D eigenvalue weighted by atomic mass is 16.5. The Morgan fingerprint density at radius 2 is 2.29 bits per heavy atom. The van der Waals surface area contributed by atoms with Gasteiger partial charge in [0.1, 0.15) is 0 Å². The molecule has 1 atom stereocenters. The summed E-state index contributed by atoms with van der Waals surface area (Å²) in [6, 6.07) is 8.37. The lowest BCUT2D eigenvalue weighted by Crippen LogP contribution is -2.15. The lowest BCUT2D eigenvalue weighted by molar-refractivity contribution is 0.0341. The highest BCUT2D eigenvalue weighted by molar-refractivity contribution is 5.84. The molecule has 1 heterocycles. The Balaban J connectivity index is 1.57. The van der Waals surface area contributed by atoms with E-state index in [0.29, 0.717) is 13.2 Å². The summed E-state index contributed by atoms with van der Waals surface area (Å²) in [5.41, 5.74) is 2.59. The smallest absolute Gasteiger partial charge is 0.358 e. The van der Waals surface area contributed by atoms with Gasteiger partial charge in [-0.2, -0.15) is 0 Å². The van der Waals surface area contributed by atoms with Crippen LogP contribution < -0.4 is 0 Å². The molecule has 3 rings (SSSR count). The van der Waals surface area contributed by atoms with Crippen LogP contribution in [-0.4, -0.2) is 32.7 Å². The first kappa shape index (κ1) is 13.8. The van der Waals surface area contributed by atoms with Crippen LogP contribution in [0.25, 0.3) is 0 Å². The van der Waals surface area contributed by atoms with Crippen LogP contribution in [0, 0.1) is 0 Å². The van der Waals surface area contributed by atoms with Crippen LogP contribution in [0.5, 0.6) is 0 Å². The second-order valence-corrected chi connectivity index (χ2v) is 5.12. The zero-order valence-electron chi connectivity index (χ0n) is 11.6. The molecule has 110 valence electrons. The molecule has 1 aliphatic rings. The molecule has 0 amide bonds. The van der Waals surface area contributed by atoms with E-state index in [0.717, 1.165) is 19.3 Å². The summed E-state index contributed by atoms with van der Waals surface area (Å²) in [4.78, 5) is 10.7. The number of carboxylic acids is 1. The molecule has 1 aromatic carbocycles. The van der Waals surface area contributed by atoms with Gasteiger partial charge in [0.2, 0.25) is 0 Å². The summed E-state index contributed by atoms with van der Waals surface area (Å²) < 4.78 is 7.45. The quantitative estimate of drug-likeness (QED) is 0.911. The molecule has 0 fully saturated rings. The van der Waals surface area contributed by atoms with Gasteiger partial charge in [0.25, 0.3) is 0 Å². The molecule has 6 nitrogen and oxygen atoms in total. The van der Waals surface area contributed by atoms with Gasteiger partial charge in [-0.15, -0.1) is 5.10 Å². The van der Waals surface area contributed by atoms with E-state index in [1.54, 1.807) is 0 Å². The minimum Gasteiger partial charge on any atom is -0.476 e. The molecule has 0 saturated carbocycles. The van der Waals surface area contributed by atoms with Gasteiger partial charge < -0.3 is 9.84 Å². The first-order valence-corrected chi connectivity index (χ1v) is 7.07. The van der Waals surface area contributed by atoms with E-state index in [4.69, 9.17) is 9.84 Å². The fraction of sp³-hybridized carbons (Fsp3) is 0.400. The SMILES string of the molecule is O=C(O)c1cn(CCOC2CCCc3ccccc32)nn1. The number of rotatable bonds is 5. The van der Waals surface area contributed by atoms with Crippen LogP contribution in [0.4, 0.5) is 0 Å². The van der Waals surface area contributed by atoms with Crippen molar-refractivity contribution in [3.8, 4) is 0 Å². The van der Waals surface area contributed by atoms with Crippen molar-refractivity contribution >= 4 is 5.97 Å². The summed E-state index contributed by atoms with van der Waals surface area (Å²) in [6.45, 7) is 0.986. The number of ether oxygens (including phenoxy) is 1. The Morgan fingerprint density at radius 1 is 1.43 bits per heavy atom. The zero-order valence-corrected chi connectivity index (χ0v) is 11.6. The Morgan fingerprint density at radius 3 is 3.10 bits per heavy atom. The minimum absolute atomic E-state index is 0.0435. The van der Waals surface area contributed by atoms with Crippen molar-refractivity contribution < 1.29 is 14.6 Å². The fourth-order valence-electron chi connectivity index (χ4n) is 2.68. The molecule has 1 aromatic heterocycles. The predicted octanol–water partition coefficient (Wildman–Crippen LogP) is 2.07. The molecule has 6 heteroatoms. The van der Waals surface area contributed by atoms with Crippen molar-refractivity contribution in [2.75, 3.05) is 6.61 Å². The van der Waals surface area contributed by atoms with Crippen LogP contribution in [0.3, 0.4) is 0 Å². The largest absolute Gasteiger partial charge is 0.476 e. The number of aryl methyl sites for hydroxylation is 1. The second kappa shape index (κ2) is 6.05. The summed E-state index contributed by atoms with van der Waals surface area (Å²) in [5, 5.41) is 16.1. The maximum atomic E-state index is 10.7. The van der Waals surface area contributed by atoms with Crippen molar-refractivity contribution in [1.82, 2.24) is 15.0 Å². The van der Waals surface area contributed by atoms with Crippen LogP contribution in [-0.2, 0) is 17.7 Å². The van der Waals surface area contributed by atoms with E-state index >= 15 is 0 Å². The zero-order chi connectivity index (χ0) is 14.7. The highest BCUT2D eigenvalue weighted by Gasteiger charge is 2.20. The van der Waals surface area contributed by atoms with Gasteiger partial charge in [-0.3, -0.25) is 0 Å². The third-order valence-electron chi connectivity index (χ3n) is 3.71. The van der Waals surface area contributed by atoms with E-state index in [-0.39, 0.29) is 11.8 Å². The van der Waals surface area contributed by atoms with Crippen LogP contribution >= 0.6 is 0 Å². The standard InChI is InChI=1S/C15H17N3O3/c19-15(20)13-10-18(17-16-13)8-9-21-14-7-3-5-11-4-1-2-6-12(11)14/h1-2,4,6,10,14H,3,5,7-9H2,(H,19,20). The van der Waals surface area contributed by atoms with E-state index in [9.17, 15) is 4.79 Å². The van der Waals surface area contributed by atoms with Gasteiger partial charge in [0, 0.05) is 0 Å². The average molecular weight is 287 g/mol. The topological polar surface area (TPSA) is 77.2 Å². The van der Waals surface area contributed by atoms with Gasteiger partial charge in [-0.05, 0) is 30.4 Å². The van der Waals surface area contributed by atoms with Gasteiger partial charge in [0.05, 0.1) is 25.5 Å². The van der Waals surface area contributed by atoms with Gasteiger partial charge in [-0.1, -0.05) is 29.5 Å². The van der Waals surface area contributed by atoms with Gasteiger partial charge >= 0.3 is 5.97 Å². The van der Waals surface area contributed by atoms with Crippen molar-refractivity contribution in [3.05, 3.63) is 47.3 Å². The molecule has 21 heavy (non-hydrogen) atoms. The molecule has 1 unspecified atom stereocenters. The number of nitrogens with zero attached hydrogens (tertiary/aromatic N) is 3. The maximum absolute atomic E-state index is 10.7. The first-order chi connectivity index (χ1) is 10.2. The van der Waals surface area contributed by atoms with Crippen LogP contribution in [0.1, 0.15) is 40.6 Å². The Hall–Kier alpha value is -2.21. The molecule has 2 aromatic rings. The summed E-state index contributed by atoms with van der Waals surface area (Å²) in [7, 11) is 0. The molecule has 0 saturated heterocycles. The van der Waals surface area contributed by atoms with Gasteiger partial charge in [0.15, 0.2) is 5.69 Å². The van der Waals surface area contributed by atoms with E-state index < -0.39 is 5.97 Å². The Kier molecular flexibility index (Phi) is 3.96. The number of carbonyl (C=O) groups is 1. The normalized spacial score (nSPS) is 17.4. The van der Waals surface area contributed by atoms with Crippen molar-refractivity contribution in [2.45, 2.75) is 31.9 Å². The van der Waals surface area contributed by atoms with E-state index in [1.807, 2.05) is 6.07 Å². The van der Waals surface area contributed by atoms with Gasteiger partial charge in [-0.25, -0.2) is 9.48 Å². The maximum Gasteiger partial charge on any atom is 0.358 e. The lowest BCUT2D eigenvalue weighted by atomic mass is 9.89. The highest BCUT2D eigenvalue weighted by Crippen LogP contribution is 2.32. The number of benzene rings is 1. The molecule has 0 radical (unpaired) electrons. The van der Waals surface area contributed by atoms with Crippen LogP contribution in [0.15, 0.2) is 30.5 Å². The Labute approximate surface area is 122 Å². The number of fused-ring (bicyclic) bond motifs is 1. The van der Waals surface area contributed by atoms with Crippen molar-refractivity contribution in [1.29, 1.82) is 0 Å². The van der Waals surface area contributed by atoms with Crippen LogP contribution in [0.2, 0.25) is 0 Å². The lowest BCUT2D eigenvalue weighted by Gasteiger charge is -2.25. The monoisotopic (exact) mass is 287 g/mol. The molecule has 0 aliphatic heterocycles. The summed E-state index contributed by atoms with van der Waals surface area (Å²) in [5.74, 6) is -1.07. The first-order valence-electron chi connectivity index (χ1n) is 7.07. The average Bonchev–Trinajstić information content (AvgIpc) is 2.97. The summed E-state index contributed by atoms with van der Waals surface area (Å²) >= 11 is 0. The third-order valence-corrected chi connectivity index (χ3v) is 3.71. The minimum atomic E-state index is -1.07. The van der Waals surface area contributed by atoms with Crippen molar-refractivity contribution in [3.63, 3.8) is 0 Å². The Bertz CT molecular complexity index is 639. The van der Waals surface area contributed by atoms with E-state index in [1.165, 1.54) is 22.0 Å². The molecule has 0 spiro atoms. The number of hydrogen-bond acceptors (Lipinski definition) is 4. The van der Waals surface area contributed by atoms with E-state index in [2.05, 4.69) is 28.5 Å². The van der Waals surface area contributed by atoms with Crippen molar-refractivity contribution in [2.24, 2.45) is 0 Å². The third kappa shape index (κ3) is 3.11. The number of carboxylic acid groups (broad SMARTS) is 1. The molecular formula is C15H17N3O3. The fourth-order valence-corrected chi connectivity index (χ4v) is 2.68. The molecule has 0 bridgehead atoms. The molecule has 1 aliphatic carbocycles. The molecule has 1 N–H and O–H groups in total. The number of aromatic nitrogens is 3. The predicted molar refractivity (Wildman–Crippen MR) is 75.1 cm³/mol. The molecular weight excluding hydrogens is 270 g/mol. The number of hydrogen-bond donors (Lipinski definition) is 1. The second-order valence-electron chi connectivity index (χ2n) is 5.12. The summed E-state index contributed by atoms with van der Waals surface area (Å²) in [6.07, 6.45) is 4.81.